The largest absolute Gasteiger partial charge is 0.444 e. The number of nitrogens with one attached hydrogen (secondary N) is 1. The number of hydrogen-bond donors (Lipinski definition) is 1. The van der Waals surface area contributed by atoms with Crippen molar-refractivity contribution in [2.24, 2.45) is 0 Å². The van der Waals surface area contributed by atoms with Crippen molar-refractivity contribution in [3.05, 3.63) is 70.6 Å². The van der Waals surface area contributed by atoms with Crippen LogP contribution in [0.3, 0.4) is 0 Å². The summed E-state index contributed by atoms with van der Waals surface area (Å²) in [6.45, 7) is 1.97. The van der Waals surface area contributed by atoms with Gasteiger partial charge in [0.25, 0.3) is 5.91 Å². The molecule has 106 valence electrons. The number of amides is 1. The van der Waals surface area contributed by atoms with Gasteiger partial charge in [0, 0.05) is 0 Å². The molecule has 0 spiro atoms. The molecule has 1 aromatic heterocycles. The highest BCUT2D eigenvalue weighted by molar-refractivity contribution is 9.10. The highest BCUT2D eigenvalue weighted by Crippen LogP contribution is 2.24. The van der Waals surface area contributed by atoms with Crippen LogP contribution in [0.15, 0.2) is 63.7 Å². The lowest BCUT2D eigenvalue weighted by Gasteiger charge is -2.15. The van der Waals surface area contributed by atoms with E-state index >= 15 is 0 Å². The van der Waals surface area contributed by atoms with Crippen LogP contribution in [0.5, 0.6) is 0 Å². The molecule has 0 saturated heterocycles. The number of halogens is 1. The zero-order valence-corrected chi connectivity index (χ0v) is 13.1. The Morgan fingerprint density at radius 3 is 2.62 bits per heavy atom. The van der Waals surface area contributed by atoms with Gasteiger partial charge in [-0.15, -0.1) is 0 Å². The number of furan rings is 1. The molecule has 1 amide bonds. The molecule has 0 unspecified atom stereocenters. The van der Waals surface area contributed by atoms with Crippen molar-refractivity contribution in [1.29, 1.82) is 0 Å². The van der Waals surface area contributed by atoms with E-state index in [-0.39, 0.29) is 11.9 Å². The summed E-state index contributed by atoms with van der Waals surface area (Å²) in [4.78, 5) is 12.2. The lowest BCUT2D eigenvalue weighted by atomic mass is 9.99. The summed E-state index contributed by atoms with van der Waals surface area (Å²) in [6.07, 6.45) is 0. The fourth-order valence-corrected chi connectivity index (χ4v) is 2.72. The van der Waals surface area contributed by atoms with Crippen molar-refractivity contribution in [3.8, 4) is 0 Å². The average molecular weight is 344 g/mol. The van der Waals surface area contributed by atoms with Gasteiger partial charge < -0.3 is 9.73 Å². The van der Waals surface area contributed by atoms with Gasteiger partial charge in [-0.2, -0.15) is 0 Å². The monoisotopic (exact) mass is 343 g/mol. The highest BCUT2D eigenvalue weighted by atomic mass is 79.9. The van der Waals surface area contributed by atoms with Gasteiger partial charge in [-0.25, -0.2) is 0 Å². The molecule has 0 aliphatic heterocycles. The summed E-state index contributed by atoms with van der Waals surface area (Å²) >= 11 is 3.20. The molecule has 0 radical (unpaired) electrons. The molecule has 0 fully saturated rings. The van der Waals surface area contributed by atoms with Gasteiger partial charge >= 0.3 is 0 Å². The van der Waals surface area contributed by atoms with Crippen molar-refractivity contribution in [2.45, 2.75) is 13.0 Å². The number of carbonyl (C=O) groups is 1. The van der Waals surface area contributed by atoms with Crippen LogP contribution in [0.1, 0.15) is 29.1 Å². The average Bonchev–Trinajstić information content (AvgIpc) is 2.93. The molecule has 1 atom stereocenters. The fraction of sp³-hybridized carbons (Fsp3) is 0.118. The van der Waals surface area contributed by atoms with Crippen LogP contribution in [0.25, 0.3) is 10.8 Å². The third-order valence-corrected chi connectivity index (χ3v) is 3.86. The van der Waals surface area contributed by atoms with Crippen LogP contribution in [-0.2, 0) is 0 Å². The maximum atomic E-state index is 12.2. The molecule has 2 aromatic carbocycles. The van der Waals surface area contributed by atoms with Crippen LogP contribution < -0.4 is 5.32 Å². The molecular weight excluding hydrogens is 330 g/mol. The van der Waals surface area contributed by atoms with Gasteiger partial charge in [-0.05, 0) is 51.3 Å². The maximum absolute atomic E-state index is 12.2. The molecule has 1 heterocycles. The molecule has 3 aromatic rings. The van der Waals surface area contributed by atoms with Crippen LogP contribution in [0.4, 0.5) is 0 Å². The van der Waals surface area contributed by atoms with Crippen LogP contribution in [-0.4, -0.2) is 5.91 Å². The predicted octanol–water partition coefficient (Wildman–Crippen LogP) is 4.69. The summed E-state index contributed by atoms with van der Waals surface area (Å²) in [5.41, 5.74) is 1.09. The van der Waals surface area contributed by atoms with Crippen molar-refractivity contribution in [2.75, 3.05) is 0 Å². The molecule has 0 aliphatic rings. The molecule has 0 bridgehead atoms. The van der Waals surface area contributed by atoms with E-state index in [1.165, 1.54) is 0 Å². The molecule has 0 aliphatic carbocycles. The zero-order chi connectivity index (χ0) is 14.8. The van der Waals surface area contributed by atoms with Gasteiger partial charge in [0.15, 0.2) is 10.4 Å². The number of benzene rings is 2. The fourth-order valence-electron chi connectivity index (χ4n) is 2.41. The lowest BCUT2D eigenvalue weighted by Crippen LogP contribution is -2.26. The Morgan fingerprint density at radius 1 is 1.10 bits per heavy atom. The van der Waals surface area contributed by atoms with Gasteiger partial charge in [-0.1, -0.05) is 42.5 Å². The van der Waals surface area contributed by atoms with Gasteiger partial charge in [0.2, 0.25) is 0 Å². The number of fused-ring (bicyclic) bond motifs is 1. The first-order valence-corrected chi connectivity index (χ1v) is 7.48. The van der Waals surface area contributed by atoms with E-state index in [0.29, 0.717) is 10.4 Å². The summed E-state index contributed by atoms with van der Waals surface area (Å²) in [7, 11) is 0. The van der Waals surface area contributed by atoms with E-state index < -0.39 is 0 Å². The smallest absolute Gasteiger partial charge is 0.287 e. The van der Waals surface area contributed by atoms with Gasteiger partial charge in [0.1, 0.15) is 0 Å². The molecule has 1 N–H and O–H groups in total. The van der Waals surface area contributed by atoms with E-state index in [1.54, 1.807) is 12.1 Å². The standard InChI is InChI=1S/C17H14BrNO2/c1-11(19-17(20)15-9-10-16(18)21-15)13-8-4-6-12-5-2-3-7-14(12)13/h2-11H,1H3,(H,19,20)/t11-/m0/s1. The minimum Gasteiger partial charge on any atom is -0.444 e. The first-order chi connectivity index (χ1) is 10.1. The van der Waals surface area contributed by atoms with Gasteiger partial charge in [0.05, 0.1) is 6.04 Å². The Morgan fingerprint density at radius 2 is 1.86 bits per heavy atom. The Bertz CT molecular complexity index is 789. The minimum absolute atomic E-state index is 0.104. The third-order valence-electron chi connectivity index (χ3n) is 3.43. The second-order valence-corrected chi connectivity index (χ2v) is 5.65. The Balaban J connectivity index is 1.87. The molecule has 21 heavy (non-hydrogen) atoms. The zero-order valence-electron chi connectivity index (χ0n) is 11.5. The Hall–Kier alpha value is -2.07. The SMILES string of the molecule is C[C@H](NC(=O)c1ccc(Br)o1)c1cccc2ccccc12. The summed E-state index contributed by atoms with van der Waals surface area (Å²) in [5.74, 6) is 0.0788. The van der Waals surface area contributed by atoms with E-state index in [4.69, 9.17) is 4.42 Å². The van der Waals surface area contributed by atoms with Crippen molar-refractivity contribution in [3.63, 3.8) is 0 Å². The molecule has 3 rings (SSSR count). The number of carbonyl (C=O) groups excluding carboxylic acids is 1. The summed E-state index contributed by atoms with van der Waals surface area (Å²) in [5, 5.41) is 5.27. The van der Waals surface area contributed by atoms with Gasteiger partial charge in [-0.3, -0.25) is 4.79 Å². The normalized spacial score (nSPS) is 12.3. The predicted molar refractivity (Wildman–Crippen MR) is 86.2 cm³/mol. The molecule has 3 nitrogen and oxygen atoms in total. The van der Waals surface area contributed by atoms with Crippen molar-refractivity contribution >= 4 is 32.6 Å². The number of rotatable bonds is 3. The van der Waals surface area contributed by atoms with Crippen LogP contribution >= 0.6 is 15.9 Å². The van der Waals surface area contributed by atoms with E-state index in [1.807, 2.05) is 31.2 Å². The second-order valence-electron chi connectivity index (χ2n) is 4.87. The highest BCUT2D eigenvalue weighted by Gasteiger charge is 2.15. The maximum Gasteiger partial charge on any atom is 0.287 e. The first kappa shape index (κ1) is 13.9. The summed E-state index contributed by atoms with van der Waals surface area (Å²) < 4.78 is 5.82. The Kier molecular flexibility index (Phi) is 3.80. The third kappa shape index (κ3) is 2.85. The summed E-state index contributed by atoms with van der Waals surface area (Å²) in [6, 6.07) is 17.5. The van der Waals surface area contributed by atoms with E-state index in [9.17, 15) is 4.79 Å². The second kappa shape index (κ2) is 5.74. The van der Waals surface area contributed by atoms with Crippen molar-refractivity contribution in [1.82, 2.24) is 5.32 Å². The first-order valence-electron chi connectivity index (χ1n) is 6.69. The minimum atomic E-state index is -0.221. The quantitative estimate of drug-likeness (QED) is 0.749. The molecule has 4 heteroatoms. The van der Waals surface area contributed by atoms with Crippen molar-refractivity contribution < 1.29 is 9.21 Å². The van der Waals surface area contributed by atoms with E-state index in [0.717, 1.165) is 16.3 Å². The van der Waals surface area contributed by atoms with E-state index in [2.05, 4.69) is 39.4 Å². The lowest BCUT2D eigenvalue weighted by molar-refractivity contribution is 0.0911. The Labute approximate surface area is 131 Å². The van der Waals surface area contributed by atoms with Crippen LogP contribution in [0, 0.1) is 0 Å². The number of hydrogen-bond acceptors (Lipinski definition) is 2. The molecular formula is C17H14BrNO2. The topological polar surface area (TPSA) is 42.2 Å². The van der Waals surface area contributed by atoms with Crippen LogP contribution in [0.2, 0.25) is 0 Å². The molecule has 0 saturated carbocycles.